The Labute approximate surface area is 82.8 Å². The molecule has 3 heteroatoms. The molecule has 1 aliphatic carbocycles. The van der Waals surface area contributed by atoms with Crippen molar-refractivity contribution in [2.75, 3.05) is 6.54 Å². The van der Waals surface area contributed by atoms with Gasteiger partial charge in [0.1, 0.15) is 0 Å². The van der Waals surface area contributed by atoms with Crippen LogP contribution in [-0.2, 0) is 4.79 Å². The van der Waals surface area contributed by atoms with Gasteiger partial charge in [-0.1, -0.05) is 30.3 Å². The molecule has 3 nitrogen and oxygen atoms in total. The van der Waals surface area contributed by atoms with E-state index in [1.54, 1.807) is 0 Å². The molecule has 74 valence electrons. The smallest absolute Gasteiger partial charge is 0.317 e. The van der Waals surface area contributed by atoms with E-state index < -0.39 is 5.97 Å². The van der Waals surface area contributed by atoms with Crippen molar-refractivity contribution in [3.05, 3.63) is 35.9 Å². The second-order valence-corrected chi connectivity index (χ2v) is 3.63. The normalized spacial score (nSPS) is 24.6. The molecule has 1 fully saturated rings. The molecule has 0 heterocycles. The summed E-state index contributed by atoms with van der Waals surface area (Å²) < 4.78 is 0. The lowest BCUT2D eigenvalue weighted by molar-refractivity contribution is -0.136. The van der Waals surface area contributed by atoms with Crippen LogP contribution in [-0.4, -0.2) is 23.7 Å². The van der Waals surface area contributed by atoms with E-state index in [-0.39, 0.29) is 6.54 Å². The number of carbonyl (C=O) groups is 1. The Morgan fingerprint density at radius 1 is 1.43 bits per heavy atom. The number of aliphatic carboxylic acids is 1. The van der Waals surface area contributed by atoms with Crippen molar-refractivity contribution in [3.63, 3.8) is 0 Å². The lowest BCUT2D eigenvalue weighted by Crippen LogP contribution is -2.25. The molecule has 0 saturated heterocycles. The minimum atomic E-state index is -0.788. The highest BCUT2D eigenvalue weighted by molar-refractivity contribution is 5.69. The van der Waals surface area contributed by atoms with E-state index in [0.29, 0.717) is 12.0 Å². The number of hydrogen-bond acceptors (Lipinski definition) is 2. The van der Waals surface area contributed by atoms with Crippen LogP contribution in [0.25, 0.3) is 0 Å². The molecule has 0 spiro atoms. The van der Waals surface area contributed by atoms with Crippen LogP contribution in [0, 0.1) is 0 Å². The molecule has 2 unspecified atom stereocenters. The van der Waals surface area contributed by atoms with Gasteiger partial charge >= 0.3 is 5.97 Å². The largest absolute Gasteiger partial charge is 0.480 e. The highest BCUT2D eigenvalue weighted by atomic mass is 16.4. The number of benzene rings is 1. The molecule has 0 amide bonds. The Balaban J connectivity index is 1.85. The molecule has 1 aromatic carbocycles. The van der Waals surface area contributed by atoms with E-state index in [4.69, 9.17) is 5.11 Å². The average Bonchev–Trinajstić information content (AvgIpc) is 2.95. The number of carboxylic acid groups (broad SMARTS) is 1. The zero-order chi connectivity index (χ0) is 9.97. The molecule has 0 radical (unpaired) electrons. The van der Waals surface area contributed by atoms with E-state index >= 15 is 0 Å². The van der Waals surface area contributed by atoms with Gasteiger partial charge in [-0.05, 0) is 12.0 Å². The van der Waals surface area contributed by atoms with E-state index in [2.05, 4.69) is 17.4 Å². The van der Waals surface area contributed by atoms with Crippen LogP contribution in [0.3, 0.4) is 0 Å². The van der Waals surface area contributed by atoms with Gasteiger partial charge in [-0.15, -0.1) is 0 Å². The lowest BCUT2D eigenvalue weighted by Gasteiger charge is -2.00. The second kappa shape index (κ2) is 3.80. The van der Waals surface area contributed by atoms with Crippen LogP contribution in [0.2, 0.25) is 0 Å². The van der Waals surface area contributed by atoms with Crippen LogP contribution in [0.15, 0.2) is 30.3 Å². The summed E-state index contributed by atoms with van der Waals surface area (Å²) in [6.45, 7) is 0.0635. The monoisotopic (exact) mass is 191 g/mol. The van der Waals surface area contributed by atoms with Gasteiger partial charge in [0.25, 0.3) is 0 Å². The Morgan fingerprint density at radius 3 is 2.79 bits per heavy atom. The van der Waals surface area contributed by atoms with Crippen LogP contribution in [0.4, 0.5) is 0 Å². The molecule has 14 heavy (non-hydrogen) atoms. The Kier molecular flexibility index (Phi) is 2.50. The van der Waals surface area contributed by atoms with Crippen molar-refractivity contribution in [2.24, 2.45) is 0 Å². The SMILES string of the molecule is O=C(O)CNC1CC1c1ccccc1. The summed E-state index contributed by atoms with van der Waals surface area (Å²) in [5.41, 5.74) is 1.30. The van der Waals surface area contributed by atoms with Crippen molar-refractivity contribution in [3.8, 4) is 0 Å². The van der Waals surface area contributed by atoms with Gasteiger partial charge in [-0.2, -0.15) is 0 Å². The number of nitrogens with one attached hydrogen (secondary N) is 1. The van der Waals surface area contributed by atoms with Gasteiger partial charge in [0.15, 0.2) is 0 Å². The summed E-state index contributed by atoms with van der Waals surface area (Å²) in [6, 6.07) is 10.6. The molecule has 0 aromatic heterocycles. The first kappa shape index (κ1) is 9.21. The van der Waals surface area contributed by atoms with Crippen molar-refractivity contribution < 1.29 is 9.90 Å². The number of hydrogen-bond donors (Lipinski definition) is 2. The number of carboxylic acids is 1. The lowest BCUT2D eigenvalue weighted by atomic mass is 10.1. The van der Waals surface area contributed by atoms with Crippen LogP contribution < -0.4 is 5.32 Å². The molecule has 1 aliphatic rings. The topological polar surface area (TPSA) is 49.3 Å². The zero-order valence-electron chi connectivity index (χ0n) is 7.81. The van der Waals surface area contributed by atoms with Crippen molar-refractivity contribution >= 4 is 5.97 Å². The first-order valence-corrected chi connectivity index (χ1v) is 4.77. The number of rotatable bonds is 4. The van der Waals surface area contributed by atoms with E-state index in [9.17, 15) is 4.79 Å². The Bertz CT molecular complexity index is 323. The molecule has 2 rings (SSSR count). The quantitative estimate of drug-likeness (QED) is 0.752. The predicted octanol–water partition coefficient (Wildman–Crippen LogP) is 1.22. The molecule has 0 bridgehead atoms. The molecular formula is C11H13NO2. The van der Waals surface area contributed by atoms with Crippen molar-refractivity contribution in [1.82, 2.24) is 5.32 Å². The minimum absolute atomic E-state index is 0.0635. The van der Waals surface area contributed by atoms with Gasteiger partial charge in [-0.25, -0.2) is 0 Å². The third-order valence-electron chi connectivity index (χ3n) is 2.53. The second-order valence-electron chi connectivity index (χ2n) is 3.63. The maximum absolute atomic E-state index is 10.3. The third-order valence-corrected chi connectivity index (χ3v) is 2.53. The summed E-state index contributed by atoms with van der Waals surface area (Å²) in [4.78, 5) is 10.3. The summed E-state index contributed by atoms with van der Waals surface area (Å²) in [5.74, 6) is -0.278. The zero-order valence-corrected chi connectivity index (χ0v) is 7.81. The molecule has 2 N–H and O–H groups in total. The summed E-state index contributed by atoms with van der Waals surface area (Å²) in [6.07, 6.45) is 1.05. The average molecular weight is 191 g/mol. The highest BCUT2D eigenvalue weighted by Crippen LogP contribution is 2.40. The summed E-state index contributed by atoms with van der Waals surface area (Å²) >= 11 is 0. The van der Waals surface area contributed by atoms with Crippen LogP contribution in [0.5, 0.6) is 0 Å². The standard InChI is InChI=1S/C11H13NO2/c13-11(14)7-12-10-6-9(10)8-4-2-1-3-5-8/h1-5,9-10,12H,6-7H2,(H,13,14). The first-order chi connectivity index (χ1) is 6.77. The van der Waals surface area contributed by atoms with E-state index in [0.717, 1.165) is 6.42 Å². The Morgan fingerprint density at radius 2 is 2.14 bits per heavy atom. The van der Waals surface area contributed by atoms with Crippen LogP contribution in [0.1, 0.15) is 17.9 Å². The van der Waals surface area contributed by atoms with Gasteiger partial charge in [-0.3, -0.25) is 4.79 Å². The van der Waals surface area contributed by atoms with Crippen molar-refractivity contribution in [1.29, 1.82) is 0 Å². The molecular weight excluding hydrogens is 178 g/mol. The molecule has 1 aromatic rings. The van der Waals surface area contributed by atoms with E-state index in [1.807, 2.05) is 18.2 Å². The molecule has 2 atom stereocenters. The molecule has 0 aliphatic heterocycles. The van der Waals surface area contributed by atoms with E-state index in [1.165, 1.54) is 5.56 Å². The third kappa shape index (κ3) is 2.12. The first-order valence-electron chi connectivity index (χ1n) is 4.77. The van der Waals surface area contributed by atoms with Gasteiger partial charge in [0.2, 0.25) is 0 Å². The fourth-order valence-corrected chi connectivity index (χ4v) is 1.71. The summed E-state index contributed by atoms with van der Waals surface area (Å²) in [7, 11) is 0. The minimum Gasteiger partial charge on any atom is -0.480 e. The van der Waals surface area contributed by atoms with Gasteiger partial charge < -0.3 is 10.4 Å². The Hall–Kier alpha value is -1.35. The predicted molar refractivity (Wildman–Crippen MR) is 53.2 cm³/mol. The maximum Gasteiger partial charge on any atom is 0.317 e. The highest BCUT2D eigenvalue weighted by Gasteiger charge is 2.37. The maximum atomic E-state index is 10.3. The van der Waals surface area contributed by atoms with Crippen LogP contribution >= 0.6 is 0 Å². The van der Waals surface area contributed by atoms with Gasteiger partial charge in [0.05, 0.1) is 6.54 Å². The summed E-state index contributed by atoms with van der Waals surface area (Å²) in [5, 5.41) is 11.5. The molecule has 1 saturated carbocycles. The van der Waals surface area contributed by atoms with Gasteiger partial charge in [0, 0.05) is 12.0 Å². The fourth-order valence-electron chi connectivity index (χ4n) is 1.71. The fraction of sp³-hybridized carbons (Fsp3) is 0.364. The van der Waals surface area contributed by atoms with Crippen molar-refractivity contribution in [2.45, 2.75) is 18.4 Å².